The lowest BCUT2D eigenvalue weighted by molar-refractivity contribution is -0.118. The lowest BCUT2D eigenvalue weighted by Crippen LogP contribution is -2.46. The molecule has 1 heterocycles. The van der Waals surface area contributed by atoms with Crippen LogP contribution in [0.5, 0.6) is 0 Å². The molecule has 1 aliphatic rings. The predicted octanol–water partition coefficient (Wildman–Crippen LogP) is 2.42. The van der Waals surface area contributed by atoms with E-state index in [2.05, 4.69) is 34.2 Å². The Kier molecular flexibility index (Phi) is 5.01. The van der Waals surface area contributed by atoms with Crippen LogP contribution in [0.4, 0.5) is 11.4 Å². The minimum Gasteiger partial charge on any atom is -0.369 e. The van der Waals surface area contributed by atoms with Gasteiger partial charge in [0.2, 0.25) is 5.91 Å². The van der Waals surface area contributed by atoms with Gasteiger partial charge in [0.15, 0.2) is 0 Å². The van der Waals surface area contributed by atoms with Gasteiger partial charge in [-0.1, -0.05) is 20.8 Å². The van der Waals surface area contributed by atoms with Gasteiger partial charge in [-0.3, -0.25) is 4.79 Å². The van der Waals surface area contributed by atoms with Crippen molar-refractivity contribution in [2.45, 2.75) is 20.8 Å². The number of nitrogens with one attached hydrogen (secondary N) is 1. The fourth-order valence-electron chi connectivity index (χ4n) is 2.36. The van der Waals surface area contributed by atoms with Gasteiger partial charge in [-0.25, -0.2) is 0 Å². The first-order chi connectivity index (χ1) is 9.60. The summed E-state index contributed by atoms with van der Waals surface area (Å²) in [4.78, 5) is 16.5. The second-order valence-electron chi connectivity index (χ2n) is 5.61. The second kappa shape index (κ2) is 6.75. The Hall–Kier alpha value is -1.55. The maximum Gasteiger partial charge on any atom is 0.226 e. The van der Waals surface area contributed by atoms with Crippen LogP contribution in [0.1, 0.15) is 20.8 Å². The molecule has 1 fully saturated rings. The van der Waals surface area contributed by atoms with Crippen LogP contribution in [0.25, 0.3) is 0 Å². The van der Waals surface area contributed by atoms with Crippen molar-refractivity contribution in [3.05, 3.63) is 24.3 Å². The van der Waals surface area contributed by atoms with Gasteiger partial charge in [0.25, 0.3) is 0 Å². The molecular weight excluding hydrogens is 250 g/mol. The maximum atomic E-state index is 11.6. The zero-order valence-corrected chi connectivity index (χ0v) is 12.7. The summed E-state index contributed by atoms with van der Waals surface area (Å²) in [5.74, 6) is 0.0751. The molecule has 0 aromatic heterocycles. The summed E-state index contributed by atoms with van der Waals surface area (Å²) < 4.78 is 0. The second-order valence-corrected chi connectivity index (χ2v) is 5.61. The Labute approximate surface area is 121 Å². The van der Waals surface area contributed by atoms with Gasteiger partial charge in [0, 0.05) is 43.5 Å². The summed E-state index contributed by atoms with van der Waals surface area (Å²) in [6.45, 7) is 11.5. The molecular formula is C16H25N3O. The minimum absolute atomic E-state index is 0.0109. The van der Waals surface area contributed by atoms with Gasteiger partial charge < -0.3 is 15.1 Å². The maximum absolute atomic E-state index is 11.6. The van der Waals surface area contributed by atoms with Gasteiger partial charge in [-0.2, -0.15) is 0 Å². The average Bonchev–Trinajstić information content (AvgIpc) is 2.48. The number of anilines is 2. The van der Waals surface area contributed by atoms with Gasteiger partial charge in [-0.15, -0.1) is 0 Å². The van der Waals surface area contributed by atoms with E-state index < -0.39 is 0 Å². The van der Waals surface area contributed by atoms with Crippen LogP contribution in [-0.2, 0) is 4.79 Å². The van der Waals surface area contributed by atoms with E-state index >= 15 is 0 Å². The zero-order valence-electron chi connectivity index (χ0n) is 12.7. The van der Waals surface area contributed by atoms with E-state index in [9.17, 15) is 4.79 Å². The summed E-state index contributed by atoms with van der Waals surface area (Å²) >= 11 is 0. The topological polar surface area (TPSA) is 35.6 Å². The molecule has 20 heavy (non-hydrogen) atoms. The molecule has 0 aliphatic carbocycles. The van der Waals surface area contributed by atoms with Crippen molar-refractivity contribution >= 4 is 17.3 Å². The summed E-state index contributed by atoms with van der Waals surface area (Å²) in [6.07, 6.45) is 0. The van der Waals surface area contributed by atoms with Crippen LogP contribution >= 0.6 is 0 Å². The summed E-state index contributed by atoms with van der Waals surface area (Å²) in [5.41, 5.74) is 2.11. The zero-order chi connectivity index (χ0) is 14.5. The molecule has 110 valence electrons. The first-order valence-electron chi connectivity index (χ1n) is 7.48. The SMILES string of the molecule is CCN1CCN(c2ccc(NC(=O)C(C)C)cc2)CC1. The van der Waals surface area contributed by atoms with E-state index in [1.165, 1.54) is 5.69 Å². The molecule has 1 aromatic rings. The average molecular weight is 275 g/mol. The normalized spacial score (nSPS) is 16.5. The smallest absolute Gasteiger partial charge is 0.226 e. The van der Waals surface area contributed by atoms with Gasteiger partial charge in [-0.05, 0) is 30.8 Å². The Balaban J connectivity index is 1.93. The summed E-state index contributed by atoms with van der Waals surface area (Å²) in [6, 6.07) is 8.17. The summed E-state index contributed by atoms with van der Waals surface area (Å²) in [7, 11) is 0. The first-order valence-corrected chi connectivity index (χ1v) is 7.48. The molecule has 1 N–H and O–H groups in total. The molecule has 1 saturated heterocycles. The molecule has 0 saturated carbocycles. The molecule has 1 aliphatic heterocycles. The van der Waals surface area contributed by atoms with E-state index in [4.69, 9.17) is 0 Å². The molecule has 4 heteroatoms. The number of likely N-dealkylation sites (N-methyl/N-ethyl adjacent to an activating group) is 1. The van der Waals surface area contributed by atoms with Crippen LogP contribution in [0, 0.1) is 5.92 Å². The molecule has 0 spiro atoms. The van der Waals surface area contributed by atoms with Crippen molar-refractivity contribution in [3.63, 3.8) is 0 Å². The predicted molar refractivity (Wildman–Crippen MR) is 84.2 cm³/mol. The van der Waals surface area contributed by atoms with Crippen LogP contribution in [0.2, 0.25) is 0 Å². The molecule has 0 bridgehead atoms. The highest BCUT2D eigenvalue weighted by Crippen LogP contribution is 2.19. The minimum atomic E-state index is 0.0109. The standard InChI is InChI=1S/C16H25N3O/c1-4-18-9-11-19(12-10-18)15-7-5-14(6-8-15)17-16(20)13(2)3/h5-8,13H,4,9-12H2,1-3H3,(H,17,20). The van der Waals surface area contributed by atoms with Crippen molar-refractivity contribution in [3.8, 4) is 0 Å². The van der Waals surface area contributed by atoms with Gasteiger partial charge in [0.05, 0.1) is 0 Å². The number of hydrogen-bond acceptors (Lipinski definition) is 3. The van der Waals surface area contributed by atoms with Crippen molar-refractivity contribution in [1.82, 2.24) is 4.90 Å². The van der Waals surface area contributed by atoms with Crippen LogP contribution < -0.4 is 10.2 Å². The third-order valence-electron chi connectivity index (χ3n) is 3.84. The first kappa shape index (κ1) is 14.9. The van der Waals surface area contributed by atoms with Crippen molar-refractivity contribution in [2.24, 2.45) is 5.92 Å². The highest BCUT2D eigenvalue weighted by Gasteiger charge is 2.15. The molecule has 1 aromatic carbocycles. The molecule has 2 rings (SSSR count). The monoisotopic (exact) mass is 275 g/mol. The fourth-order valence-corrected chi connectivity index (χ4v) is 2.36. The number of piperazine rings is 1. The molecule has 0 atom stereocenters. The Bertz CT molecular complexity index is 434. The molecule has 0 radical (unpaired) electrons. The Morgan fingerprint density at radius 1 is 1.15 bits per heavy atom. The van der Waals surface area contributed by atoms with Crippen LogP contribution in [0.3, 0.4) is 0 Å². The third-order valence-corrected chi connectivity index (χ3v) is 3.84. The molecule has 1 amide bonds. The number of amides is 1. The van der Waals surface area contributed by atoms with Crippen molar-refractivity contribution < 1.29 is 4.79 Å². The highest BCUT2D eigenvalue weighted by atomic mass is 16.1. The van der Waals surface area contributed by atoms with E-state index in [1.54, 1.807) is 0 Å². The number of hydrogen-bond donors (Lipinski definition) is 1. The van der Waals surface area contributed by atoms with Gasteiger partial charge >= 0.3 is 0 Å². The summed E-state index contributed by atoms with van der Waals surface area (Å²) in [5, 5.41) is 2.92. The van der Waals surface area contributed by atoms with Crippen molar-refractivity contribution in [2.75, 3.05) is 42.9 Å². The van der Waals surface area contributed by atoms with Gasteiger partial charge in [0.1, 0.15) is 0 Å². The highest BCUT2D eigenvalue weighted by molar-refractivity contribution is 5.92. The van der Waals surface area contributed by atoms with Crippen LogP contribution in [-0.4, -0.2) is 43.5 Å². The van der Waals surface area contributed by atoms with Crippen molar-refractivity contribution in [1.29, 1.82) is 0 Å². The van der Waals surface area contributed by atoms with E-state index in [-0.39, 0.29) is 11.8 Å². The number of nitrogens with zero attached hydrogens (tertiary/aromatic N) is 2. The van der Waals surface area contributed by atoms with E-state index in [0.29, 0.717) is 0 Å². The Morgan fingerprint density at radius 2 is 1.75 bits per heavy atom. The third kappa shape index (κ3) is 3.73. The van der Waals surface area contributed by atoms with E-state index in [1.807, 2.05) is 26.0 Å². The Morgan fingerprint density at radius 3 is 2.25 bits per heavy atom. The number of benzene rings is 1. The van der Waals surface area contributed by atoms with E-state index in [0.717, 1.165) is 38.4 Å². The number of carbonyl (C=O) groups excluding carboxylic acids is 1. The largest absolute Gasteiger partial charge is 0.369 e. The number of carbonyl (C=O) groups is 1. The molecule has 4 nitrogen and oxygen atoms in total. The lowest BCUT2D eigenvalue weighted by Gasteiger charge is -2.35. The number of rotatable bonds is 4. The quantitative estimate of drug-likeness (QED) is 0.916. The fraction of sp³-hybridized carbons (Fsp3) is 0.562. The lowest BCUT2D eigenvalue weighted by atomic mass is 10.2. The molecule has 0 unspecified atom stereocenters. The van der Waals surface area contributed by atoms with Crippen LogP contribution in [0.15, 0.2) is 24.3 Å².